The number of hydrogen-bond donors (Lipinski definition) is 0. The van der Waals surface area contributed by atoms with Gasteiger partial charge in [-0.3, -0.25) is 0 Å². The molecule has 2 fully saturated rings. The summed E-state index contributed by atoms with van der Waals surface area (Å²) in [7, 11) is 0. The Bertz CT molecular complexity index is 1030. The number of allylic oxidation sites excluding steroid dienone is 2. The molecule has 212 valence electrons. The van der Waals surface area contributed by atoms with Crippen molar-refractivity contribution in [2.75, 3.05) is 39.5 Å². The molecule has 2 atom stereocenters. The molecule has 2 aliphatic rings. The monoisotopic (exact) mass is 544 g/mol. The molecule has 8 nitrogen and oxygen atoms in total. The van der Waals surface area contributed by atoms with Gasteiger partial charge in [0.1, 0.15) is 12.1 Å². The third-order valence-electron chi connectivity index (χ3n) is 7.11. The summed E-state index contributed by atoms with van der Waals surface area (Å²) >= 11 is 0. The summed E-state index contributed by atoms with van der Waals surface area (Å²) in [4.78, 5) is 3.89. The van der Waals surface area contributed by atoms with Crippen molar-refractivity contribution in [2.24, 2.45) is 0 Å². The summed E-state index contributed by atoms with van der Waals surface area (Å²) in [6.07, 6.45) is 5.60. The highest BCUT2D eigenvalue weighted by Gasteiger charge is 2.23. The van der Waals surface area contributed by atoms with Gasteiger partial charge in [0.25, 0.3) is 0 Å². The zero-order valence-electron chi connectivity index (χ0n) is 23.2. The van der Waals surface area contributed by atoms with Crippen molar-refractivity contribution in [3.8, 4) is 12.1 Å². The number of nitriles is 2. The Hall–Kier alpha value is -3.40. The van der Waals surface area contributed by atoms with E-state index in [1.54, 1.807) is 0 Å². The molecular formula is C32H40N4O4. The molecule has 2 heterocycles. The van der Waals surface area contributed by atoms with Crippen molar-refractivity contribution in [1.29, 1.82) is 10.5 Å². The molecule has 8 heteroatoms. The van der Waals surface area contributed by atoms with Gasteiger partial charge in [-0.15, -0.1) is 0 Å². The van der Waals surface area contributed by atoms with Crippen LogP contribution < -0.4 is 0 Å². The second kappa shape index (κ2) is 16.6. The van der Waals surface area contributed by atoms with E-state index in [4.69, 9.17) is 18.9 Å². The van der Waals surface area contributed by atoms with Crippen molar-refractivity contribution in [1.82, 2.24) is 9.80 Å². The smallest absolute Gasteiger partial charge is 0.157 e. The molecule has 2 aliphatic heterocycles. The maximum Gasteiger partial charge on any atom is 0.157 e. The van der Waals surface area contributed by atoms with Crippen molar-refractivity contribution >= 4 is 0 Å². The number of hydrogen-bond acceptors (Lipinski definition) is 8. The zero-order chi connectivity index (χ0) is 27.8. The Kier molecular flexibility index (Phi) is 12.3. The highest BCUT2D eigenvalue weighted by molar-refractivity contribution is 5.36. The lowest BCUT2D eigenvalue weighted by molar-refractivity contribution is -0.164. The Labute approximate surface area is 238 Å². The molecule has 0 bridgehead atoms. The van der Waals surface area contributed by atoms with Crippen molar-refractivity contribution in [2.45, 2.75) is 64.2 Å². The van der Waals surface area contributed by atoms with E-state index in [1.165, 1.54) is 0 Å². The Morgan fingerprint density at radius 3 is 1.45 bits per heavy atom. The molecule has 0 radical (unpaired) electrons. The minimum atomic E-state index is -0.217. The van der Waals surface area contributed by atoms with Gasteiger partial charge >= 0.3 is 0 Å². The predicted molar refractivity (Wildman–Crippen MR) is 151 cm³/mol. The third kappa shape index (κ3) is 9.36. The van der Waals surface area contributed by atoms with Crippen LogP contribution in [0.1, 0.15) is 49.7 Å². The second-order valence-corrected chi connectivity index (χ2v) is 10.1. The molecule has 0 aromatic heterocycles. The van der Waals surface area contributed by atoms with Crippen LogP contribution in [0.15, 0.2) is 72.1 Å². The average molecular weight is 545 g/mol. The standard InChI is InChI=1S/C32H40N4O4/c33-23-29(35(25-27-11-3-1-4-12-27)17-21-39-31-15-7-9-19-37-31)30(24-34)36(26-28-13-5-2-6-14-28)18-22-40-32-16-8-10-20-38-32/h1-6,11-14,31-32H,7-10,15-22,25-26H2/b30-29-. The summed E-state index contributed by atoms with van der Waals surface area (Å²) in [5, 5.41) is 20.8. The molecule has 2 aromatic rings. The first-order valence-corrected chi connectivity index (χ1v) is 14.4. The van der Waals surface area contributed by atoms with E-state index in [9.17, 15) is 10.5 Å². The lowest BCUT2D eigenvalue weighted by atomic mass is 10.1. The molecule has 0 amide bonds. The number of benzene rings is 2. The van der Waals surface area contributed by atoms with E-state index >= 15 is 0 Å². The number of rotatable bonds is 14. The van der Waals surface area contributed by atoms with E-state index < -0.39 is 0 Å². The first kappa shape index (κ1) is 29.6. The molecule has 2 unspecified atom stereocenters. The van der Waals surface area contributed by atoms with Crippen LogP contribution in [0.3, 0.4) is 0 Å². The molecule has 0 saturated carbocycles. The molecule has 0 aliphatic carbocycles. The summed E-state index contributed by atoms with van der Waals surface area (Å²) in [5.41, 5.74) is 2.75. The summed E-state index contributed by atoms with van der Waals surface area (Å²) in [6, 6.07) is 24.7. The topological polar surface area (TPSA) is 91.0 Å². The third-order valence-corrected chi connectivity index (χ3v) is 7.11. The van der Waals surface area contributed by atoms with Gasteiger partial charge in [-0.05, 0) is 49.7 Å². The van der Waals surface area contributed by atoms with Crippen LogP contribution in [-0.2, 0) is 32.0 Å². The summed E-state index contributed by atoms with van der Waals surface area (Å²) < 4.78 is 23.5. The molecule has 2 aromatic carbocycles. The van der Waals surface area contributed by atoms with Crippen molar-refractivity contribution < 1.29 is 18.9 Å². The Balaban J connectivity index is 1.55. The lowest BCUT2D eigenvalue weighted by Crippen LogP contribution is -2.35. The quantitative estimate of drug-likeness (QED) is 0.295. The van der Waals surface area contributed by atoms with E-state index in [0.29, 0.717) is 64.0 Å². The van der Waals surface area contributed by atoms with E-state index in [0.717, 1.165) is 49.7 Å². The minimum absolute atomic E-state index is 0.217. The van der Waals surface area contributed by atoms with Crippen molar-refractivity contribution in [3.05, 3.63) is 83.2 Å². The van der Waals surface area contributed by atoms with Crippen LogP contribution >= 0.6 is 0 Å². The fourth-order valence-electron chi connectivity index (χ4n) is 4.97. The summed E-state index contributed by atoms with van der Waals surface area (Å²) in [6.45, 7) is 4.07. The average Bonchev–Trinajstić information content (AvgIpc) is 3.01. The van der Waals surface area contributed by atoms with Crippen LogP contribution in [0.25, 0.3) is 0 Å². The molecule has 4 rings (SSSR count). The zero-order valence-corrected chi connectivity index (χ0v) is 23.2. The molecular weight excluding hydrogens is 504 g/mol. The van der Waals surface area contributed by atoms with Gasteiger partial charge in [-0.1, -0.05) is 60.7 Å². The van der Waals surface area contributed by atoms with E-state index in [1.807, 2.05) is 70.5 Å². The van der Waals surface area contributed by atoms with Gasteiger partial charge in [0.2, 0.25) is 0 Å². The maximum absolute atomic E-state index is 10.4. The first-order valence-electron chi connectivity index (χ1n) is 14.4. The predicted octanol–water partition coefficient (Wildman–Crippen LogP) is 5.34. The van der Waals surface area contributed by atoms with Crippen LogP contribution in [0.5, 0.6) is 0 Å². The highest BCUT2D eigenvalue weighted by atomic mass is 16.7. The van der Waals surface area contributed by atoms with E-state index in [2.05, 4.69) is 12.1 Å². The molecule has 0 spiro atoms. The van der Waals surface area contributed by atoms with Crippen LogP contribution in [-0.4, -0.2) is 61.9 Å². The lowest BCUT2D eigenvalue weighted by Gasteiger charge is -2.31. The minimum Gasteiger partial charge on any atom is -0.354 e. The summed E-state index contributed by atoms with van der Waals surface area (Å²) in [5.74, 6) is 0. The normalized spacial score (nSPS) is 19.6. The van der Waals surface area contributed by atoms with Gasteiger partial charge in [0, 0.05) is 39.4 Å². The maximum atomic E-state index is 10.4. The number of nitrogens with zero attached hydrogens (tertiary/aromatic N) is 4. The van der Waals surface area contributed by atoms with Crippen LogP contribution in [0, 0.1) is 22.7 Å². The molecule has 2 saturated heterocycles. The Morgan fingerprint density at radius 1 is 0.675 bits per heavy atom. The Morgan fingerprint density at radius 2 is 1.10 bits per heavy atom. The first-order chi connectivity index (χ1) is 19.8. The number of ether oxygens (including phenoxy) is 4. The fourth-order valence-corrected chi connectivity index (χ4v) is 4.97. The van der Waals surface area contributed by atoms with Gasteiger partial charge in [-0.25, -0.2) is 0 Å². The van der Waals surface area contributed by atoms with Gasteiger partial charge in [0.05, 0.1) is 13.2 Å². The van der Waals surface area contributed by atoms with Gasteiger partial charge in [-0.2, -0.15) is 10.5 Å². The highest BCUT2D eigenvalue weighted by Crippen LogP contribution is 2.21. The van der Waals surface area contributed by atoms with E-state index in [-0.39, 0.29) is 12.6 Å². The van der Waals surface area contributed by atoms with Crippen molar-refractivity contribution in [3.63, 3.8) is 0 Å². The van der Waals surface area contributed by atoms with Crippen LogP contribution in [0.2, 0.25) is 0 Å². The second-order valence-electron chi connectivity index (χ2n) is 10.1. The fraction of sp³-hybridized carbons (Fsp3) is 0.500. The molecule has 40 heavy (non-hydrogen) atoms. The largest absolute Gasteiger partial charge is 0.354 e. The molecule has 0 N–H and O–H groups in total. The van der Waals surface area contributed by atoms with Crippen LogP contribution in [0.4, 0.5) is 0 Å². The van der Waals surface area contributed by atoms with Gasteiger partial charge < -0.3 is 28.7 Å². The van der Waals surface area contributed by atoms with Gasteiger partial charge in [0.15, 0.2) is 24.0 Å². The SMILES string of the molecule is N#C/C(=C(\C#N)N(CCOC1CCCCO1)Cc1ccccc1)N(CCOC1CCCCO1)Cc1ccccc1.